The predicted octanol–water partition coefficient (Wildman–Crippen LogP) is 3.05. The minimum atomic E-state index is -0.929. The normalized spacial score (nSPS) is 30.3. The van der Waals surface area contributed by atoms with Crippen molar-refractivity contribution in [1.82, 2.24) is 0 Å². The quantitative estimate of drug-likeness (QED) is 0.818. The minimum Gasteiger partial charge on any atom is -0.298 e. The number of carbonyl (C=O) groups excluding carboxylic acids is 1. The van der Waals surface area contributed by atoms with Crippen LogP contribution in [-0.2, 0) is 4.79 Å². The van der Waals surface area contributed by atoms with E-state index in [0.29, 0.717) is 11.8 Å². The Labute approximate surface area is 105 Å². The van der Waals surface area contributed by atoms with Crippen molar-refractivity contribution in [2.45, 2.75) is 25.2 Å². The molecule has 3 rings (SSSR count). The average molecular weight is 243 g/mol. The number of nitriles is 1. The van der Waals surface area contributed by atoms with Gasteiger partial charge in [-0.25, -0.2) is 4.39 Å². The molecule has 2 nitrogen and oxygen atoms in total. The Morgan fingerprint density at radius 2 is 2.00 bits per heavy atom. The Kier molecular flexibility index (Phi) is 2.66. The van der Waals surface area contributed by atoms with Gasteiger partial charge < -0.3 is 0 Å². The van der Waals surface area contributed by atoms with Gasteiger partial charge in [0.2, 0.25) is 0 Å². The van der Waals surface area contributed by atoms with Gasteiger partial charge in [-0.15, -0.1) is 0 Å². The van der Waals surface area contributed by atoms with E-state index in [1.54, 1.807) is 18.2 Å². The van der Waals surface area contributed by atoms with Crippen LogP contribution in [0.15, 0.2) is 24.3 Å². The number of hydrogen-bond donors (Lipinski definition) is 0. The molecule has 0 aliphatic heterocycles. The molecule has 0 bridgehead atoms. The lowest BCUT2D eigenvalue weighted by atomic mass is 9.90. The number of nitrogens with zero attached hydrogens (tertiary/aromatic N) is 1. The molecule has 2 aliphatic rings. The maximum absolute atomic E-state index is 13.7. The molecule has 18 heavy (non-hydrogen) atoms. The minimum absolute atomic E-state index is 0.0167. The molecule has 1 aromatic rings. The van der Waals surface area contributed by atoms with E-state index < -0.39 is 11.7 Å². The second kappa shape index (κ2) is 4.20. The molecule has 0 aromatic heterocycles. The van der Waals surface area contributed by atoms with Crippen LogP contribution in [-0.4, -0.2) is 5.78 Å². The standard InChI is InChI=1S/C15H14FNO/c16-13-7-2-1-4-9(13)12(8-17)15(18)14-10-5-3-6-11(10)14/h1-2,4,7,10-12,14H,3,5-6H2. The van der Waals surface area contributed by atoms with E-state index in [9.17, 15) is 14.4 Å². The molecule has 0 saturated heterocycles. The molecule has 2 saturated carbocycles. The Morgan fingerprint density at radius 1 is 1.33 bits per heavy atom. The van der Waals surface area contributed by atoms with Crippen LogP contribution < -0.4 is 0 Å². The molecule has 0 amide bonds. The van der Waals surface area contributed by atoms with Crippen LogP contribution in [0.3, 0.4) is 0 Å². The van der Waals surface area contributed by atoms with Crippen molar-refractivity contribution < 1.29 is 9.18 Å². The number of carbonyl (C=O) groups is 1. The monoisotopic (exact) mass is 243 g/mol. The third-order valence-electron chi connectivity index (χ3n) is 4.36. The van der Waals surface area contributed by atoms with Crippen molar-refractivity contribution >= 4 is 5.78 Å². The third kappa shape index (κ3) is 1.64. The van der Waals surface area contributed by atoms with E-state index >= 15 is 0 Å². The van der Waals surface area contributed by atoms with Crippen LogP contribution in [0.2, 0.25) is 0 Å². The zero-order valence-electron chi connectivity index (χ0n) is 9.97. The molecular formula is C15H14FNO. The highest BCUT2D eigenvalue weighted by molar-refractivity contribution is 5.93. The highest BCUT2D eigenvalue weighted by Crippen LogP contribution is 2.59. The Hall–Kier alpha value is -1.69. The SMILES string of the molecule is N#CC(C(=O)C1C2CCCC21)c1ccccc1F. The maximum atomic E-state index is 13.7. The first kappa shape index (κ1) is 11.4. The Balaban J connectivity index is 1.84. The Bertz CT molecular complexity index is 524. The third-order valence-corrected chi connectivity index (χ3v) is 4.36. The number of ketones is 1. The summed E-state index contributed by atoms with van der Waals surface area (Å²) in [6.07, 6.45) is 3.38. The number of benzene rings is 1. The summed E-state index contributed by atoms with van der Waals surface area (Å²) in [6.45, 7) is 0. The summed E-state index contributed by atoms with van der Waals surface area (Å²) in [4.78, 5) is 12.3. The van der Waals surface area contributed by atoms with Gasteiger partial charge in [0, 0.05) is 11.5 Å². The highest BCUT2D eigenvalue weighted by atomic mass is 19.1. The summed E-state index contributed by atoms with van der Waals surface area (Å²) in [5.74, 6) is -0.495. The summed E-state index contributed by atoms with van der Waals surface area (Å²) in [5, 5.41) is 9.18. The summed E-state index contributed by atoms with van der Waals surface area (Å²) < 4.78 is 13.7. The van der Waals surface area contributed by atoms with Crippen LogP contribution in [0.4, 0.5) is 4.39 Å². The molecule has 1 aromatic carbocycles. The highest BCUT2D eigenvalue weighted by Gasteiger charge is 2.57. The van der Waals surface area contributed by atoms with Crippen LogP contribution in [0.25, 0.3) is 0 Å². The molecule has 3 unspecified atom stereocenters. The van der Waals surface area contributed by atoms with Crippen LogP contribution in [0, 0.1) is 34.9 Å². The number of Topliss-reactive ketones (excluding diaryl/α,β-unsaturated/α-hetero) is 1. The van der Waals surface area contributed by atoms with E-state index in [1.165, 1.54) is 12.5 Å². The summed E-state index contributed by atoms with van der Waals surface area (Å²) >= 11 is 0. The summed E-state index contributed by atoms with van der Waals surface area (Å²) in [6, 6.07) is 8.07. The Morgan fingerprint density at radius 3 is 2.61 bits per heavy atom. The number of hydrogen-bond acceptors (Lipinski definition) is 2. The van der Waals surface area contributed by atoms with Gasteiger partial charge in [0.15, 0.2) is 5.78 Å². The van der Waals surface area contributed by atoms with Gasteiger partial charge in [-0.05, 0) is 30.7 Å². The maximum Gasteiger partial charge on any atom is 0.158 e. The molecule has 0 spiro atoms. The summed E-state index contributed by atoms with van der Waals surface area (Å²) in [7, 11) is 0. The molecule has 3 heteroatoms. The van der Waals surface area contributed by atoms with E-state index in [4.69, 9.17) is 0 Å². The molecule has 0 N–H and O–H groups in total. The lowest BCUT2D eigenvalue weighted by Gasteiger charge is -2.10. The van der Waals surface area contributed by atoms with E-state index in [0.717, 1.165) is 12.8 Å². The fraction of sp³-hybridized carbons (Fsp3) is 0.467. The predicted molar refractivity (Wildman–Crippen MR) is 64.1 cm³/mol. The van der Waals surface area contributed by atoms with Gasteiger partial charge in [0.1, 0.15) is 11.7 Å². The van der Waals surface area contributed by atoms with Crippen LogP contribution >= 0.6 is 0 Å². The largest absolute Gasteiger partial charge is 0.298 e. The molecule has 2 aliphatic carbocycles. The van der Waals surface area contributed by atoms with Crippen molar-refractivity contribution in [3.05, 3.63) is 35.6 Å². The lowest BCUT2D eigenvalue weighted by Crippen LogP contribution is -2.16. The van der Waals surface area contributed by atoms with Gasteiger partial charge in [-0.3, -0.25) is 4.79 Å². The van der Waals surface area contributed by atoms with E-state index in [2.05, 4.69) is 0 Å². The van der Waals surface area contributed by atoms with Crippen molar-refractivity contribution in [3.8, 4) is 6.07 Å². The molecule has 92 valence electrons. The number of halogens is 1. The van der Waals surface area contributed by atoms with E-state index in [-0.39, 0.29) is 17.3 Å². The molecule has 3 atom stereocenters. The van der Waals surface area contributed by atoms with Gasteiger partial charge in [-0.1, -0.05) is 24.6 Å². The van der Waals surface area contributed by atoms with Crippen LogP contribution in [0.1, 0.15) is 30.7 Å². The molecule has 2 fully saturated rings. The first-order valence-corrected chi connectivity index (χ1v) is 6.42. The summed E-state index contributed by atoms with van der Waals surface area (Å²) in [5.41, 5.74) is 0.231. The molecule has 0 radical (unpaired) electrons. The number of rotatable bonds is 3. The fourth-order valence-corrected chi connectivity index (χ4v) is 3.43. The van der Waals surface area contributed by atoms with Crippen molar-refractivity contribution in [3.63, 3.8) is 0 Å². The van der Waals surface area contributed by atoms with Gasteiger partial charge in [0.25, 0.3) is 0 Å². The van der Waals surface area contributed by atoms with Gasteiger partial charge in [0.05, 0.1) is 6.07 Å². The van der Waals surface area contributed by atoms with Gasteiger partial charge in [-0.2, -0.15) is 5.26 Å². The smallest absolute Gasteiger partial charge is 0.158 e. The van der Waals surface area contributed by atoms with Crippen molar-refractivity contribution in [2.24, 2.45) is 17.8 Å². The second-order valence-electron chi connectivity index (χ2n) is 5.27. The van der Waals surface area contributed by atoms with Crippen molar-refractivity contribution in [2.75, 3.05) is 0 Å². The fourth-order valence-electron chi connectivity index (χ4n) is 3.43. The van der Waals surface area contributed by atoms with Crippen LogP contribution in [0.5, 0.6) is 0 Å². The first-order chi connectivity index (χ1) is 8.74. The molecular weight excluding hydrogens is 229 g/mol. The van der Waals surface area contributed by atoms with Gasteiger partial charge >= 0.3 is 0 Å². The molecule has 0 heterocycles. The topological polar surface area (TPSA) is 40.9 Å². The number of fused-ring (bicyclic) bond motifs is 1. The zero-order chi connectivity index (χ0) is 12.7. The second-order valence-corrected chi connectivity index (χ2v) is 5.27. The lowest BCUT2D eigenvalue weighted by molar-refractivity contribution is -0.121. The zero-order valence-corrected chi connectivity index (χ0v) is 9.97. The van der Waals surface area contributed by atoms with E-state index in [1.807, 2.05) is 6.07 Å². The van der Waals surface area contributed by atoms with Crippen molar-refractivity contribution in [1.29, 1.82) is 5.26 Å². The first-order valence-electron chi connectivity index (χ1n) is 6.42. The average Bonchev–Trinajstić information content (AvgIpc) is 2.86.